The molecule has 0 atom stereocenters. The first-order chi connectivity index (χ1) is 20.1. The minimum atomic E-state index is -1.05. The van der Waals surface area contributed by atoms with Crippen LogP contribution in [0.5, 0.6) is 0 Å². The van der Waals surface area contributed by atoms with Crippen LogP contribution < -0.4 is 0 Å². The third-order valence-corrected chi connectivity index (χ3v) is 8.18. The molecule has 0 bridgehead atoms. The zero-order chi connectivity index (χ0) is 30.1. The molecule has 242 valence electrons. The Morgan fingerprint density at radius 1 is 0.341 bits per heavy atom. The van der Waals surface area contributed by atoms with Gasteiger partial charge in [0.15, 0.2) is 0 Å². The van der Waals surface area contributed by atoms with Crippen LogP contribution in [0.3, 0.4) is 0 Å². The van der Waals surface area contributed by atoms with Crippen LogP contribution >= 0.6 is 0 Å². The van der Waals surface area contributed by atoms with Crippen molar-refractivity contribution in [3.05, 3.63) is 0 Å². The van der Waals surface area contributed by atoms with Crippen molar-refractivity contribution in [1.29, 1.82) is 0 Å². The van der Waals surface area contributed by atoms with Gasteiger partial charge in [0.25, 0.3) is 0 Å². The molecule has 0 aliphatic heterocycles. The van der Waals surface area contributed by atoms with Crippen molar-refractivity contribution in [2.24, 2.45) is 0 Å². The number of unbranched alkanes of at least 4 members (excludes halogenated alkanes) is 27. The summed E-state index contributed by atoms with van der Waals surface area (Å²) in [6, 6.07) is 0. The Kier molecular flexibility index (Phi) is 32.0. The number of rotatable bonds is 32. The number of ketones is 1. The third-order valence-electron chi connectivity index (χ3n) is 8.18. The lowest BCUT2D eigenvalue weighted by atomic mass is 10.0. The van der Waals surface area contributed by atoms with Crippen molar-refractivity contribution in [3.8, 4) is 0 Å². The first-order valence-corrected chi connectivity index (χ1v) is 18.1. The molecule has 0 unspecified atom stereocenters. The monoisotopic (exact) mass is 581 g/mol. The van der Waals surface area contributed by atoms with Gasteiger partial charge in [-0.25, -0.2) is 19.4 Å². The van der Waals surface area contributed by atoms with E-state index in [9.17, 15) is 14.4 Å². The molecule has 0 aromatic rings. The zero-order valence-electron chi connectivity index (χ0n) is 27.5. The Morgan fingerprint density at radius 3 is 0.927 bits per heavy atom. The van der Waals surface area contributed by atoms with Crippen molar-refractivity contribution in [1.82, 2.24) is 0 Å². The topological polar surface area (TPSA) is 69.7 Å². The highest BCUT2D eigenvalue weighted by atomic mass is 17.2. The summed E-state index contributed by atoms with van der Waals surface area (Å²) >= 11 is 0. The van der Waals surface area contributed by atoms with E-state index in [2.05, 4.69) is 23.6 Å². The van der Waals surface area contributed by atoms with Gasteiger partial charge in [0.2, 0.25) is 5.78 Å². The van der Waals surface area contributed by atoms with Crippen molar-refractivity contribution < 1.29 is 24.2 Å². The van der Waals surface area contributed by atoms with E-state index in [1.807, 2.05) is 0 Å². The van der Waals surface area contributed by atoms with Crippen LogP contribution in [0.25, 0.3) is 0 Å². The molecule has 0 radical (unpaired) electrons. The van der Waals surface area contributed by atoms with Gasteiger partial charge in [-0.15, -0.1) is 0 Å². The Labute approximate surface area is 254 Å². The summed E-state index contributed by atoms with van der Waals surface area (Å²) in [6.45, 7) is 4.52. The van der Waals surface area contributed by atoms with E-state index in [-0.39, 0.29) is 12.8 Å². The lowest BCUT2D eigenvalue weighted by Gasteiger charge is -2.04. The fraction of sp³-hybridized carbons (Fsp3) is 0.917. The normalized spacial score (nSPS) is 11.1. The molecule has 5 nitrogen and oxygen atoms in total. The predicted octanol–water partition coefficient (Wildman–Crippen LogP) is 11.7. The maximum Gasteiger partial charge on any atom is 0.421 e. The van der Waals surface area contributed by atoms with Gasteiger partial charge < -0.3 is 0 Å². The zero-order valence-corrected chi connectivity index (χ0v) is 27.5. The second-order valence-corrected chi connectivity index (χ2v) is 12.3. The molecule has 0 rings (SSSR count). The summed E-state index contributed by atoms with van der Waals surface area (Å²) in [5, 5.41) is 0. The second-order valence-electron chi connectivity index (χ2n) is 12.3. The van der Waals surface area contributed by atoms with E-state index in [1.54, 1.807) is 0 Å². The number of hydrogen-bond acceptors (Lipinski definition) is 5. The number of hydrogen-bond donors (Lipinski definition) is 0. The average molecular weight is 581 g/mol. The van der Waals surface area contributed by atoms with Gasteiger partial charge >= 0.3 is 11.9 Å². The Bertz CT molecular complexity index is 589. The fourth-order valence-electron chi connectivity index (χ4n) is 5.40. The Balaban J connectivity index is 3.40. The van der Waals surface area contributed by atoms with Crippen LogP contribution in [0.4, 0.5) is 0 Å². The van der Waals surface area contributed by atoms with Crippen molar-refractivity contribution >= 4 is 17.7 Å². The molecule has 0 saturated carbocycles. The highest BCUT2D eigenvalue weighted by molar-refractivity contribution is 6.33. The van der Waals surface area contributed by atoms with E-state index in [4.69, 9.17) is 0 Å². The van der Waals surface area contributed by atoms with Gasteiger partial charge in [-0.1, -0.05) is 187 Å². The number of carbonyl (C=O) groups excluding carboxylic acids is 3. The molecule has 5 heteroatoms. The third kappa shape index (κ3) is 31.4. The standard InChI is InChI=1S/C36H68O5/c1-3-5-7-9-11-13-15-17-19-21-23-25-27-29-31-33-35(38)40-41-36(39)34(37)32-30-28-26-24-22-20-18-16-14-12-10-8-6-4-2/h3-33H2,1-2H3. The molecular weight excluding hydrogens is 512 g/mol. The summed E-state index contributed by atoms with van der Waals surface area (Å²) in [7, 11) is 0. The highest BCUT2D eigenvalue weighted by Gasteiger charge is 2.18. The van der Waals surface area contributed by atoms with Gasteiger partial charge in [-0.05, 0) is 12.8 Å². The highest BCUT2D eigenvalue weighted by Crippen LogP contribution is 2.15. The molecule has 0 N–H and O–H groups in total. The lowest BCUT2D eigenvalue weighted by molar-refractivity contribution is -0.256. The minimum Gasteiger partial charge on any atom is -0.287 e. The maximum absolute atomic E-state index is 11.9. The van der Waals surface area contributed by atoms with Crippen LogP contribution in [0.2, 0.25) is 0 Å². The van der Waals surface area contributed by atoms with E-state index in [0.717, 1.165) is 32.1 Å². The van der Waals surface area contributed by atoms with Crippen molar-refractivity contribution in [2.45, 2.75) is 213 Å². The van der Waals surface area contributed by atoms with E-state index >= 15 is 0 Å². The van der Waals surface area contributed by atoms with E-state index in [0.29, 0.717) is 6.42 Å². The van der Waals surface area contributed by atoms with Gasteiger partial charge in [0, 0.05) is 6.42 Å². The molecule has 0 aliphatic rings. The Morgan fingerprint density at radius 2 is 0.610 bits per heavy atom. The van der Waals surface area contributed by atoms with Crippen molar-refractivity contribution in [3.63, 3.8) is 0 Å². The second kappa shape index (κ2) is 33.1. The van der Waals surface area contributed by atoms with Crippen LogP contribution in [-0.4, -0.2) is 17.7 Å². The average Bonchev–Trinajstić information content (AvgIpc) is 2.97. The van der Waals surface area contributed by atoms with E-state index in [1.165, 1.54) is 148 Å². The molecule has 0 saturated heterocycles. The van der Waals surface area contributed by atoms with Crippen LogP contribution in [0.15, 0.2) is 0 Å². The first kappa shape index (κ1) is 39.6. The van der Waals surface area contributed by atoms with Crippen LogP contribution in [0, 0.1) is 0 Å². The van der Waals surface area contributed by atoms with Gasteiger partial charge in [0.05, 0.1) is 6.42 Å². The maximum atomic E-state index is 11.9. The largest absolute Gasteiger partial charge is 0.421 e. The van der Waals surface area contributed by atoms with E-state index < -0.39 is 17.7 Å². The Hall–Kier alpha value is -1.39. The summed E-state index contributed by atoms with van der Waals surface area (Å²) in [6.07, 6.45) is 36.7. The number of Topliss-reactive ketones (excluding diaryl/α,β-unsaturated/α-hetero) is 1. The predicted molar refractivity (Wildman–Crippen MR) is 172 cm³/mol. The quantitative estimate of drug-likeness (QED) is 0.0342. The smallest absolute Gasteiger partial charge is 0.287 e. The van der Waals surface area contributed by atoms with Gasteiger partial charge in [-0.2, -0.15) is 0 Å². The van der Waals surface area contributed by atoms with Crippen LogP contribution in [-0.2, 0) is 24.2 Å². The fourth-order valence-corrected chi connectivity index (χ4v) is 5.40. The van der Waals surface area contributed by atoms with Crippen molar-refractivity contribution in [2.75, 3.05) is 0 Å². The van der Waals surface area contributed by atoms with Crippen LogP contribution in [0.1, 0.15) is 213 Å². The van der Waals surface area contributed by atoms with Gasteiger partial charge in [-0.3, -0.25) is 4.79 Å². The molecule has 0 heterocycles. The summed E-state index contributed by atoms with van der Waals surface area (Å²) in [5.41, 5.74) is 0. The molecule has 41 heavy (non-hydrogen) atoms. The SMILES string of the molecule is CCCCCCCCCCCCCCCCCC(=O)OOC(=O)C(=O)CCCCCCCCCCCCCCCC. The molecule has 0 amide bonds. The summed E-state index contributed by atoms with van der Waals surface area (Å²) in [4.78, 5) is 44.5. The minimum absolute atomic E-state index is 0.160. The molecule has 0 fully saturated rings. The molecule has 0 spiro atoms. The lowest BCUT2D eigenvalue weighted by Crippen LogP contribution is -2.19. The van der Waals surface area contributed by atoms with Gasteiger partial charge in [0.1, 0.15) is 0 Å². The molecule has 0 aromatic carbocycles. The molecule has 0 aromatic heterocycles. The number of carbonyl (C=O) groups is 3. The summed E-state index contributed by atoms with van der Waals surface area (Å²) < 4.78 is 0. The first-order valence-electron chi connectivity index (χ1n) is 18.1. The molecule has 0 aliphatic carbocycles. The molecular formula is C36H68O5. The summed E-state index contributed by atoms with van der Waals surface area (Å²) in [5.74, 6) is -2.23.